The van der Waals surface area contributed by atoms with E-state index in [1.165, 1.54) is 43.2 Å². The van der Waals surface area contributed by atoms with E-state index in [-0.39, 0.29) is 22.4 Å². The summed E-state index contributed by atoms with van der Waals surface area (Å²) in [5.74, 6) is -0.581. The van der Waals surface area contributed by atoms with Crippen LogP contribution in [0.1, 0.15) is 0 Å². The van der Waals surface area contributed by atoms with E-state index in [2.05, 4.69) is 0 Å². The van der Waals surface area contributed by atoms with Gasteiger partial charge in [0, 0.05) is 0 Å². The number of hydrogen-bond donors (Lipinski definition) is 0. The Labute approximate surface area is 130 Å². The van der Waals surface area contributed by atoms with Gasteiger partial charge in [-0.1, -0.05) is 0 Å². The molecule has 0 aromatic rings. The van der Waals surface area contributed by atoms with Crippen molar-refractivity contribution in [1.29, 1.82) is 0 Å². The number of carbonyl (C=O) groups excluding carboxylic acids is 2. The molecule has 0 aromatic heterocycles. The molecule has 2 unspecified atom stereocenters. The standard InChI is InChI=1S/2C4H4O2S2.CH3.In/c2*5-4(6)3-1-2-7-8-3;;/h2*1-3H,(H,5,6);1H3;/q;;;+2/p-2. The Morgan fingerprint density at radius 1 is 1.00 bits per heavy atom. The second-order valence-corrected chi connectivity index (χ2v) is 12.5. The fraction of sp³-hybridized carbons (Fsp3) is 0.333. The number of hydrogen-bond acceptors (Lipinski definition) is 8. The Balaban J connectivity index is 1.75. The molecule has 0 bridgehead atoms. The molecule has 2 atom stereocenters. The molecule has 2 rings (SSSR count). The van der Waals surface area contributed by atoms with Crippen LogP contribution in [0.25, 0.3) is 0 Å². The third-order valence-corrected chi connectivity index (χ3v) is 9.64. The maximum atomic E-state index is 11.7. The Kier molecular flexibility index (Phi) is 6.26. The maximum absolute atomic E-state index is 11.7. The molecule has 0 spiro atoms. The van der Waals surface area contributed by atoms with Crippen LogP contribution in [0.5, 0.6) is 0 Å². The van der Waals surface area contributed by atoms with Crippen LogP contribution in [0.2, 0.25) is 4.68 Å². The molecule has 0 aromatic carbocycles. The first kappa shape index (κ1) is 15.1. The zero-order valence-electron chi connectivity index (χ0n) is 9.31. The minimum atomic E-state index is -2.95. The fourth-order valence-electron chi connectivity index (χ4n) is 1.18. The molecule has 9 heteroatoms. The van der Waals surface area contributed by atoms with E-state index in [1.54, 1.807) is 16.8 Å². The molecule has 2 heterocycles. The summed E-state index contributed by atoms with van der Waals surface area (Å²) in [6, 6.07) is 0. The minimum absolute atomic E-state index is 0.260. The van der Waals surface area contributed by atoms with E-state index in [0.29, 0.717) is 0 Å². The van der Waals surface area contributed by atoms with Crippen molar-refractivity contribution in [2.45, 2.75) is 15.2 Å². The molecule has 0 saturated heterocycles. The molecule has 0 aliphatic carbocycles. The second-order valence-electron chi connectivity index (χ2n) is 3.32. The zero-order valence-corrected chi connectivity index (χ0v) is 15.9. The quantitative estimate of drug-likeness (QED) is 0.639. The van der Waals surface area contributed by atoms with Gasteiger partial charge >= 0.3 is 131 Å². The molecular formula is C9H9InO4S4. The van der Waals surface area contributed by atoms with Crippen LogP contribution in [0.4, 0.5) is 0 Å². The monoisotopic (exact) mass is 424 g/mol. The van der Waals surface area contributed by atoms with Gasteiger partial charge in [0.2, 0.25) is 0 Å². The van der Waals surface area contributed by atoms with Crippen LogP contribution < -0.4 is 0 Å². The van der Waals surface area contributed by atoms with Gasteiger partial charge in [-0.2, -0.15) is 0 Å². The molecule has 18 heavy (non-hydrogen) atoms. The predicted molar refractivity (Wildman–Crippen MR) is 80.0 cm³/mol. The predicted octanol–water partition coefficient (Wildman–Crippen LogP) is 2.75. The summed E-state index contributed by atoms with van der Waals surface area (Å²) in [5, 5.41) is 3.20. The van der Waals surface area contributed by atoms with Gasteiger partial charge in [0.1, 0.15) is 0 Å². The second kappa shape index (κ2) is 7.47. The third kappa shape index (κ3) is 4.36. The van der Waals surface area contributed by atoms with Gasteiger partial charge in [0.15, 0.2) is 0 Å². The Morgan fingerprint density at radius 2 is 1.44 bits per heavy atom. The average molecular weight is 424 g/mol. The van der Waals surface area contributed by atoms with Gasteiger partial charge in [-0.15, -0.1) is 0 Å². The van der Waals surface area contributed by atoms with Crippen molar-refractivity contribution in [2.24, 2.45) is 0 Å². The van der Waals surface area contributed by atoms with Crippen LogP contribution in [-0.4, -0.2) is 44.7 Å². The van der Waals surface area contributed by atoms with E-state index >= 15 is 0 Å². The molecule has 96 valence electrons. The molecule has 0 fully saturated rings. The topological polar surface area (TPSA) is 52.6 Å². The van der Waals surface area contributed by atoms with Crippen molar-refractivity contribution in [2.75, 3.05) is 0 Å². The first-order valence-electron chi connectivity index (χ1n) is 5.05. The van der Waals surface area contributed by atoms with E-state index in [1.807, 2.05) is 10.8 Å². The van der Waals surface area contributed by atoms with Crippen molar-refractivity contribution in [3.05, 3.63) is 23.0 Å². The van der Waals surface area contributed by atoms with Crippen LogP contribution >= 0.6 is 43.2 Å². The van der Waals surface area contributed by atoms with Gasteiger partial charge in [0.05, 0.1) is 0 Å². The normalized spacial score (nSPS) is 25.2. The van der Waals surface area contributed by atoms with Crippen molar-refractivity contribution < 1.29 is 15.3 Å². The van der Waals surface area contributed by atoms with Gasteiger partial charge in [-0.25, -0.2) is 0 Å². The number of rotatable bonds is 4. The van der Waals surface area contributed by atoms with E-state index < -0.39 is 22.3 Å². The van der Waals surface area contributed by atoms with Crippen LogP contribution in [0, 0.1) is 0 Å². The van der Waals surface area contributed by atoms with Crippen molar-refractivity contribution in [1.82, 2.24) is 0 Å². The van der Waals surface area contributed by atoms with E-state index in [0.717, 1.165) is 0 Å². The molecule has 2 aliphatic heterocycles. The van der Waals surface area contributed by atoms with Crippen LogP contribution in [0.3, 0.4) is 0 Å². The third-order valence-electron chi connectivity index (χ3n) is 1.97. The first-order valence-corrected chi connectivity index (χ1v) is 15.6. The number of carbonyl (C=O) groups is 2. The van der Waals surface area contributed by atoms with E-state index in [9.17, 15) is 9.59 Å². The summed E-state index contributed by atoms with van der Waals surface area (Å²) in [7, 11) is 5.90. The molecular weight excluding hydrogens is 415 g/mol. The molecule has 0 radical (unpaired) electrons. The molecule has 0 saturated carbocycles. The molecule has 0 amide bonds. The molecule has 0 N–H and O–H groups in total. The fourth-order valence-corrected chi connectivity index (χ4v) is 8.49. The molecule has 2 aliphatic rings. The SMILES string of the molecule is [CH3][In]([O]C(=O)C1C=CSS1)[O]C(=O)C1C=CSS1. The van der Waals surface area contributed by atoms with Gasteiger partial charge < -0.3 is 0 Å². The summed E-state index contributed by atoms with van der Waals surface area (Å²) in [6.07, 6.45) is 3.59. The summed E-state index contributed by atoms with van der Waals surface area (Å²) in [6.45, 7) is 0. The van der Waals surface area contributed by atoms with Crippen LogP contribution in [0.15, 0.2) is 23.0 Å². The Bertz CT molecular complexity index is 364. The summed E-state index contributed by atoms with van der Waals surface area (Å²) in [4.78, 5) is 23.4. The molecule has 4 nitrogen and oxygen atoms in total. The summed E-state index contributed by atoms with van der Waals surface area (Å²) < 4.78 is 12.3. The Hall–Kier alpha value is 0.690. The van der Waals surface area contributed by atoms with Crippen molar-refractivity contribution in [3.8, 4) is 0 Å². The van der Waals surface area contributed by atoms with E-state index in [4.69, 9.17) is 5.71 Å². The summed E-state index contributed by atoms with van der Waals surface area (Å²) in [5.41, 5.74) is 0. The average Bonchev–Trinajstić information content (AvgIpc) is 3.02. The Morgan fingerprint density at radius 3 is 1.78 bits per heavy atom. The van der Waals surface area contributed by atoms with Crippen molar-refractivity contribution >= 4 is 77.4 Å². The zero-order chi connectivity index (χ0) is 13.0. The van der Waals surface area contributed by atoms with Crippen LogP contribution in [-0.2, 0) is 15.3 Å². The first-order chi connectivity index (χ1) is 8.66. The van der Waals surface area contributed by atoms with Gasteiger partial charge in [-0.05, 0) is 0 Å². The summed E-state index contributed by atoms with van der Waals surface area (Å²) >= 11 is -2.95. The van der Waals surface area contributed by atoms with Crippen molar-refractivity contribution in [3.63, 3.8) is 0 Å². The van der Waals surface area contributed by atoms with Gasteiger partial charge in [0.25, 0.3) is 0 Å². The van der Waals surface area contributed by atoms with Gasteiger partial charge in [-0.3, -0.25) is 0 Å².